The number of amides is 2. The summed E-state index contributed by atoms with van der Waals surface area (Å²) in [4.78, 5) is 37.3. The molecule has 28 heavy (non-hydrogen) atoms. The van der Waals surface area contributed by atoms with Gasteiger partial charge in [0.05, 0.1) is 0 Å². The zero-order chi connectivity index (χ0) is 20.1. The lowest BCUT2D eigenvalue weighted by Gasteiger charge is -2.32. The number of piperidine rings is 1. The molecule has 1 saturated heterocycles. The highest BCUT2D eigenvalue weighted by Gasteiger charge is 2.25. The predicted octanol–water partition coefficient (Wildman–Crippen LogP) is 1.19. The van der Waals surface area contributed by atoms with Crippen LogP contribution < -0.4 is 15.6 Å². The third-order valence-electron chi connectivity index (χ3n) is 4.96. The van der Waals surface area contributed by atoms with Gasteiger partial charge in [-0.3, -0.25) is 14.4 Å². The van der Waals surface area contributed by atoms with Gasteiger partial charge in [-0.25, -0.2) is 5.10 Å². The molecule has 1 aromatic carbocycles. The minimum Gasteiger partial charge on any atom is -0.483 e. The third kappa shape index (κ3) is 4.76. The number of hydrogen-bond donors (Lipinski definition) is 2. The van der Waals surface area contributed by atoms with Crippen LogP contribution in [0.1, 0.15) is 34.5 Å². The smallest absolute Gasteiger partial charge is 0.274 e. The molecular formula is C20H24N4O4. The Morgan fingerprint density at radius 3 is 2.64 bits per heavy atom. The van der Waals surface area contributed by atoms with Crippen molar-refractivity contribution in [3.8, 4) is 5.75 Å². The average molecular weight is 384 g/mol. The minimum absolute atomic E-state index is 0.00213. The maximum atomic E-state index is 12.4. The Morgan fingerprint density at radius 2 is 1.96 bits per heavy atom. The normalized spacial score (nSPS) is 14.6. The van der Waals surface area contributed by atoms with Crippen molar-refractivity contribution in [3.05, 3.63) is 57.5 Å². The second-order valence-corrected chi connectivity index (χ2v) is 6.93. The number of rotatable bonds is 5. The van der Waals surface area contributed by atoms with Gasteiger partial charge in [-0.05, 0) is 49.9 Å². The van der Waals surface area contributed by atoms with Crippen LogP contribution in [0.25, 0.3) is 0 Å². The molecule has 1 aliphatic heterocycles. The molecule has 2 N–H and O–H groups in total. The fourth-order valence-electron chi connectivity index (χ4n) is 3.15. The molecule has 3 rings (SSSR count). The van der Waals surface area contributed by atoms with Crippen LogP contribution in [-0.4, -0.2) is 52.6 Å². The van der Waals surface area contributed by atoms with Crippen molar-refractivity contribution >= 4 is 11.8 Å². The first kappa shape index (κ1) is 19.6. The molecule has 8 heteroatoms. The predicted molar refractivity (Wildman–Crippen MR) is 103 cm³/mol. The first-order chi connectivity index (χ1) is 13.4. The molecule has 148 valence electrons. The monoisotopic (exact) mass is 384 g/mol. The van der Waals surface area contributed by atoms with E-state index in [0.717, 1.165) is 11.1 Å². The van der Waals surface area contributed by atoms with Crippen LogP contribution in [0, 0.1) is 13.8 Å². The maximum absolute atomic E-state index is 12.4. The largest absolute Gasteiger partial charge is 0.483 e. The Balaban J connectivity index is 1.45. The maximum Gasteiger partial charge on any atom is 0.274 e. The number of H-pyrrole nitrogens is 1. The van der Waals surface area contributed by atoms with E-state index >= 15 is 0 Å². The molecule has 2 amide bonds. The number of nitrogens with zero attached hydrogens (tertiary/aromatic N) is 2. The average Bonchev–Trinajstić information content (AvgIpc) is 2.70. The summed E-state index contributed by atoms with van der Waals surface area (Å²) in [6.07, 6.45) is 1.31. The number of carbonyl (C=O) groups is 2. The highest BCUT2D eigenvalue weighted by Crippen LogP contribution is 2.20. The summed E-state index contributed by atoms with van der Waals surface area (Å²) in [5.41, 5.74) is 2.01. The van der Waals surface area contributed by atoms with E-state index in [2.05, 4.69) is 15.5 Å². The molecular weight excluding hydrogens is 360 g/mol. The Morgan fingerprint density at radius 1 is 1.21 bits per heavy atom. The summed E-state index contributed by atoms with van der Waals surface area (Å²) >= 11 is 0. The number of aromatic nitrogens is 2. The molecule has 8 nitrogen and oxygen atoms in total. The molecule has 0 radical (unpaired) electrons. The molecule has 0 aliphatic carbocycles. The summed E-state index contributed by atoms with van der Waals surface area (Å²) in [6, 6.07) is 8.45. The van der Waals surface area contributed by atoms with Crippen molar-refractivity contribution in [1.29, 1.82) is 0 Å². The Kier molecular flexibility index (Phi) is 6.08. The van der Waals surface area contributed by atoms with Gasteiger partial charge in [-0.2, -0.15) is 5.10 Å². The van der Waals surface area contributed by atoms with Crippen molar-refractivity contribution in [2.24, 2.45) is 0 Å². The number of carbonyl (C=O) groups excluding carboxylic acids is 2. The van der Waals surface area contributed by atoms with Crippen LogP contribution in [0.15, 0.2) is 35.1 Å². The number of aromatic amines is 1. The van der Waals surface area contributed by atoms with Crippen LogP contribution in [0.5, 0.6) is 5.75 Å². The second kappa shape index (κ2) is 8.69. The van der Waals surface area contributed by atoms with Crippen molar-refractivity contribution in [2.75, 3.05) is 19.7 Å². The second-order valence-electron chi connectivity index (χ2n) is 6.93. The van der Waals surface area contributed by atoms with Gasteiger partial charge in [-0.15, -0.1) is 0 Å². The lowest BCUT2D eigenvalue weighted by molar-refractivity contribution is -0.124. The number of nitrogens with one attached hydrogen (secondary N) is 2. The van der Waals surface area contributed by atoms with E-state index in [-0.39, 0.29) is 35.7 Å². The fraction of sp³-hybridized carbons (Fsp3) is 0.400. The van der Waals surface area contributed by atoms with Crippen molar-refractivity contribution in [1.82, 2.24) is 20.4 Å². The Labute approximate surface area is 162 Å². The summed E-state index contributed by atoms with van der Waals surface area (Å²) < 4.78 is 5.63. The van der Waals surface area contributed by atoms with Crippen LogP contribution in [-0.2, 0) is 4.79 Å². The lowest BCUT2D eigenvalue weighted by Crippen LogP contribution is -2.47. The van der Waals surface area contributed by atoms with Crippen LogP contribution in [0.2, 0.25) is 0 Å². The molecule has 2 heterocycles. The Hall–Kier alpha value is -3.16. The fourth-order valence-corrected chi connectivity index (χ4v) is 3.15. The molecule has 2 aromatic rings. The molecule has 0 bridgehead atoms. The van der Waals surface area contributed by atoms with Crippen molar-refractivity contribution in [3.63, 3.8) is 0 Å². The highest BCUT2D eigenvalue weighted by atomic mass is 16.5. The van der Waals surface area contributed by atoms with E-state index < -0.39 is 0 Å². The summed E-state index contributed by atoms with van der Waals surface area (Å²) in [6.45, 7) is 4.96. The number of ether oxygens (including phenoxy) is 1. The first-order valence-corrected chi connectivity index (χ1v) is 9.27. The molecule has 1 fully saturated rings. The van der Waals surface area contributed by atoms with Gasteiger partial charge in [0, 0.05) is 25.2 Å². The zero-order valence-corrected chi connectivity index (χ0v) is 16.0. The van der Waals surface area contributed by atoms with Crippen molar-refractivity contribution in [2.45, 2.75) is 32.7 Å². The van der Waals surface area contributed by atoms with E-state index in [1.807, 2.05) is 32.0 Å². The number of hydrogen-bond acceptors (Lipinski definition) is 5. The topological polar surface area (TPSA) is 104 Å². The lowest BCUT2D eigenvalue weighted by atomic mass is 10.0. The SMILES string of the molecule is Cc1cccc(OCC(=O)NC2CCN(C(=O)c3ccc(=O)[nH]n3)CC2)c1C. The van der Waals surface area contributed by atoms with Gasteiger partial charge >= 0.3 is 0 Å². The van der Waals surface area contributed by atoms with Gasteiger partial charge in [0.1, 0.15) is 11.4 Å². The highest BCUT2D eigenvalue weighted by molar-refractivity contribution is 5.92. The van der Waals surface area contributed by atoms with Crippen LogP contribution >= 0.6 is 0 Å². The first-order valence-electron chi connectivity index (χ1n) is 9.27. The number of likely N-dealkylation sites (tertiary alicyclic amines) is 1. The van der Waals surface area contributed by atoms with E-state index in [4.69, 9.17) is 4.74 Å². The van der Waals surface area contributed by atoms with Crippen LogP contribution in [0.3, 0.4) is 0 Å². The molecule has 0 spiro atoms. The summed E-state index contributed by atoms with van der Waals surface area (Å²) in [5.74, 6) is 0.316. The Bertz CT molecular complexity index is 896. The van der Waals surface area contributed by atoms with Gasteiger partial charge in [0.2, 0.25) is 0 Å². The van der Waals surface area contributed by atoms with E-state index in [1.54, 1.807) is 4.90 Å². The summed E-state index contributed by atoms with van der Waals surface area (Å²) in [5, 5.41) is 9.00. The molecule has 0 unspecified atom stereocenters. The zero-order valence-electron chi connectivity index (χ0n) is 16.0. The van der Waals surface area contributed by atoms with E-state index in [9.17, 15) is 14.4 Å². The van der Waals surface area contributed by atoms with E-state index in [1.165, 1.54) is 12.1 Å². The van der Waals surface area contributed by atoms with Gasteiger partial charge < -0.3 is 15.0 Å². The quantitative estimate of drug-likeness (QED) is 0.806. The van der Waals surface area contributed by atoms with Crippen LogP contribution in [0.4, 0.5) is 0 Å². The van der Waals surface area contributed by atoms with E-state index in [0.29, 0.717) is 31.7 Å². The van der Waals surface area contributed by atoms with Gasteiger partial charge in [0.15, 0.2) is 6.61 Å². The van der Waals surface area contributed by atoms with Crippen molar-refractivity contribution < 1.29 is 14.3 Å². The number of benzene rings is 1. The summed E-state index contributed by atoms with van der Waals surface area (Å²) in [7, 11) is 0. The molecule has 1 aliphatic rings. The van der Waals surface area contributed by atoms with Gasteiger partial charge in [0.25, 0.3) is 17.4 Å². The van der Waals surface area contributed by atoms with Gasteiger partial charge in [-0.1, -0.05) is 12.1 Å². The minimum atomic E-state index is -0.346. The number of aryl methyl sites for hydroxylation is 1. The standard InChI is InChI=1S/C20H24N4O4/c1-13-4-3-5-17(14(13)2)28-12-19(26)21-15-8-10-24(11-9-15)20(27)16-6-7-18(25)23-22-16/h3-7,15H,8-12H2,1-2H3,(H,21,26)(H,23,25). The molecule has 1 aromatic heterocycles. The molecule has 0 saturated carbocycles. The third-order valence-corrected chi connectivity index (χ3v) is 4.96. The molecule has 0 atom stereocenters.